The molecular weight excluding hydrogens is 296 g/mol. The smallest absolute Gasteiger partial charge is 0.0701 e. The predicted molar refractivity (Wildman–Crippen MR) is 78.3 cm³/mol. The van der Waals surface area contributed by atoms with Gasteiger partial charge in [-0.15, -0.1) is 11.3 Å². The summed E-state index contributed by atoms with van der Waals surface area (Å²) in [5, 5.41) is 2.22. The molecule has 2 nitrogen and oxygen atoms in total. The minimum absolute atomic E-state index is 0.476. The van der Waals surface area contributed by atoms with Crippen molar-refractivity contribution in [3.8, 4) is 0 Å². The van der Waals surface area contributed by atoms with Crippen LogP contribution in [0.15, 0.2) is 15.2 Å². The van der Waals surface area contributed by atoms with Crippen molar-refractivity contribution in [2.45, 2.75) is 32.2 Å². The van der Waals surface area contributed by atoms with Gasteiger partial charge in [-0.3, -0.25) is 0 Å². The molecule has 1 aliphatic rings. The van der Waals surface area contributed by atoms with Gasteiger partial charge in [-0.25, -0.2) is 0 Å². The van der Waals surface area contributed by atoms with Crippen LogP contribution in [0.5, 0.6) is 0 Å². The second-order valence-corrected chi connectivity index (χ2v) is 7.59. The average molecular weight is 317 g/mol. The molecule has 1 aromatic rings. The lowest BCUT2D eigenvalue weighted by Gasteiger charge is -2.42. The third-order valence-corrected chi connectivity index (χ3v) is 5.50. The van der Waals surface area contributed by atoms with Gasteiger partial charge >= 0.3 is 0 Å². The highest BCUT2D eigenvalue weighted by Gasteiger charge is 2.35. The Bertz CT molecular complexity index is 355. The number of rotatable bonds is 6. The summed E-state index contributed by atoms with van der Waals surface area (Å²) in [5.74, 6) is 0. The summed E-state index contributed by atoms with van der Waals surface area (Å²) < 4.78 is 1.22. The van der Waals surface area contributed by atoms with Crippen molar-refractivity contribution in [3.05, 3.63) is 20.8 Å². The maximum absolute atomic E-state index is 5.89. The number of nitrogens with zero attached hydrogens (tertiary/aromatic N) is 1. The fraction of sp³-hybridized carbons (Fsp3) is 0.692. The van der Waals surface area contributed by atoms with Crippen molar-refractivity contribution in [2.75, 3.05) is 20.1 Å². The molecule has 0 aliphatic heterocycles. The molecule has 1 saturated carbocycles. The van der Waals surface area contributed by atoms with Crippen LogP contribution in [0.4, 0.5) is 0 Å². The Labute approximate surface area is 116 Å². The Kier molecular flexibility index (Phi) is 4.64. The highest BCUT2D eigenvalue weighted by atomic mass is 79.9. The number of hydrogen-bond acceptors (Lipinski definition) is 3. The third-order valence-electron chi connectivity index (χ3n) is 3.95. The van der Waals surface area contributed by atoms with Gasteiger partial charge in [0.25, 0.3) is 0 Å². The topological polar surface area (TPSA) is 29.3 Å². The second kappa shape index (κ2) is 5.83. The van der Waals surface area contributed by atoms with E-state index in [0.717, 1.165) is 19.6 Å². The molecule has 0 unspecified atom stereocenters. The molecule has 0 saturated heterocycles. The standard InChI is InChI=1S/C13H21BrN2S/c1-16(8-11-7-12(14)17-9-11)6-5-13(10-15)3-2-4-13/h7,9H,2-6,8,10,15H2,1H3. The Morgan fingerprint density at radius 1 is 1.53 bits per heavy atom. The second-order valence-electron chi connectivity index (χ2n) is 5.30. The van der Waals surface area contributed by atoms with Crippen LogP contribution in [-0.4, -0.2) is 25.0 Å². The predicted octanol–water partition coefficient (Wildman–Crippen LogP) is 3.46. The van der Waals surface area contributed by atoms with Gasteiger partial charge in [0.15, 0.2) is 0 Å². The Hall–Kier alpha value is 0.100. The van der Waals surface area contributed by atoms with Crippen molar-refractivity contribution >= 4 is 27.3 Å². The molecule has 96 valence electrons. The van der Waals surface area contributed by atoms with Crippen LogP contribution in [0, 0.1) is 5.41 Å². The summed E-state index contributed by atoms with van der Waals surface area (Å²) in [6, 6.07) is 2.21. The molecule has 2 N–H and O–H groups in total. The number of nitrogens with two attached hydrogens (primary N) is 1. The highest BCUT2D eigenvalue weighted by molar-refractivity contribution is 9.11. The quantitative estimate of drug-likeness (QED) is 0.870. The minimum atomic E-state index is 0.476. The molecule has 17 heavy (non-hydrogen) atoms. The lowest BCUT2D eigenvalue weighted by molar-refractivity contribution is 0.111. The van der Waals surface area contributed by atoms with Crippen molar-refractivity contribution in [2.24, 2.45) is 11.1 Å². The first-order valence-electron chi connectivity index (χ1n) is 6.25. The maximum Gasteiger partial charge on any atom is 0.0701 e. The Morgan fingerprint density at radius 2 is 2.29 bits per heavy atom. The molecule has 1 aliphatic carbocycles. The van der Waals surface area contributed by atoms with Crippen LogP contribution in [0.2, 0.25) is 0 Å². The zero-order chi connectivity index (χ0) is 12.3. The van der Waals surface area contributed by atoms with E-state index in [1.807, 2.05) is 0 Å². The van der Waals surface area contributed by atoms with Gasteiger partial charge < -0.3 is 10.6 Å². The van der Waals surface area contributed by atoms with E-state index >= 15 is 0 Å². The van der Waals surface area contributed by atoms with E-state index < -0.39 is 0 Å². The number of hydrogen-bond donors (Lipinski definition) is 1. The van der Waals surface area contributed by atoms with Gasteiger partial charge in [0.05, 0.1) is 3.79 Å². The summed E-state index contributed by atoms with van der Waals surface area (Å²) >= 11 is 5.27. The van der Waals surface area contributed by atoms with Crippen molar-refractivity contribution in [3.63, 3.8) is 0 Å². The molecule has 0 atom stereocenters. The molecule has 1 heterocycles. The molecular formula is C13H21BrN2S. The zero-order valence-electron chi connectivity index (χ0n) is 10.4. The first kappa shape index (κ1) is 13.5. The lowest BCUT2D eigenvalue weighted by Crippen LogP contribution is -2.39. The van der Waals surface area contributed by atoms with E-state index in [-0.39, 0.29) is 0 Å². The van der Waals surface area contributed by atoms with Crippen molar-refractivity contribution in [1.29, 1.82) is 0 Å². The van der Waals surface area contributed by atoms with Crippen LogP contribution in [0.3, 0.4) is 0 Å². The van der Waals surface area contributed by atoms with E-state index in [1.54, 1.807) is 11.3 Å². The maximum atomic E-state index is 5.89. The highest BCUT2D eigenvalue weighted by Crippen LogP contribution is 2.42. The van der Waals surface area contributed by atoms with Crippen LogP contribution in [-0.2, 0) is 6.54 Å². The molecule has 0 spiro atoms. The van der Waals surface area contributed by atoms with E-state index in [1.165, 1.54) is 35.0 Å². The lowest BCUT2D eigenvalue weighted by atomic mass is 9.66. The molecule has 2 rings (SSSR count). The Morgan fingerprint density at radius 3 is 2.76 bits per heavy atom. The van der Waals surface area contributed by atoms with Crippen LogP contribution < -0.4 is 5.73 Å². The fourth-order valence-corrected chi connectivity index (χ4v) is 3.68. The molecule has 0 amide bonds. The average Bonchev–Trinajstić information content (AvgIpc) is 2.63. The minimum Gasteiger partial charge on any atom is -0.330 e. The van der Waals surface area contributed by atoms with Crippen LogP contribution in [0.1, 0.15) is 31.2 Å². The van der Waals surface area contributed by atoms with Crippen LogP contribution >= 0.6 is 27.3 Å². The summed E-state index contributed by atoms with van der Waals surface area (Å²) in [6.45, 7) is 3.07. The molecule has 0 bridgehead atoms. The summed E-state index contributed by atoms with van der Waals surface area (Å²) in [4.78, 5) is 2.41. The molecule has 1 fully saturated rings. The van der Waals surface area contributed by atoms with Gasteiger partial charge in [0.1, 0.15) is 0 Å². The molecule has 0 radical (unpaired) electrons. The largest absolute Gasteiger partial charge is 0.330 e. The SMILES string of the molecule is CN(CCC1(CN)CCC1)Cc1csc(Br)c1. The first-order valence-corrected chi connectivity index (χ1v) is 7.92. The van der Waals surface area contributed by atoms with Crippen molar-refractivity contribution in [1.82, 2.24) is 4.90 Å². The number of halogens is 1. The monoisotopic (exact) mass is 316 g/mol. The van der Waals surface area contributed by atoms with Gasteiger partial charge in [-0.05, 0) is 77.8 Å². The van der Waals surface area contributed by atoms with Gasteiger partial charge in [-0.1, -0.05) is 6.42 Å². The van der Waals surface area contributed by atoms with E-state index in [4.69, 9.17) is 5.73 Å². The third kappa shape index (κ3) is 3.53. The number of thiophene rings is 1. The van der Waals surface area contributed by atoms with Gasteiger partial charge in [-0.2, -0.15) is 0 Å². The fourth-order valence-electron chi connectivity index (χ4n) is 2.48. The normalized spacial score (nSPS) is 18.4. The van der Waals surface area contributed by atoms with Gasteiger partial charge in [0.2, 0.25) is 0 Å². The summed E-state index contributed by atoms with van der Waals surface area (Å²) in [5.41, 5.74) is 7.77. The van der Waals surface area contributed by atoms with E-state index in [2.05, 4.69) is 39.3 Å². The summed E-state index contributed by atoms with van der Waals surface area (Å²) in [6.07, 6.45) is 5.30. The molecule has 0 aromatic carbocycles. The van der Waals surface area contributed by atoms with Crippen molar-refractivity contribution < 1.29 is 0 Å². The van der Waals surface area contributed by atoms with Gasteiger partial charge in [0, 0.05) is 6.54 Å². The molecule has 1 aromatic heterocycles. The van der Waals surface area contributed by atoms with E-state index in [0.29, 0.717) is 5.41 Å². The Balaban J connectivity index is 1.75. The first-order chi connectivity index (χ1) is 8.13. The molecule has 4 heteroatoms. The van der Waals surface area contributed by atoms with Crippen LogP contribution in [0.25, 0.3) is 0 Å². The summed E-state index contributed by atoms with van der Waals surface area (Å²) in [7, 11) is 2.20. The zero-order valence-corrected chi connectivity index (χ0v) is 12.8. The van der Waals surface area contributed by atoms with E-state index in [9.17, 15) is 0 Å².